The zero-order chi connectivity index (χ0) is 14.0. The van der Waals surface area contributed by atoms with Gasteiger partial charge in [0.15, 0.2) is 5.13 Å². The van der Waals surface area contributed by atoms with Crippen molar-refractivity contribution in [1.29, 1.82) is 0 Å². The van der Waals surface area contributed by atoms with E-state index >= 15 is 0 Å². The highest BCUT2D eigenvalue weighted by molar-refractivity contribution is 7.22. The summed E-state index contributed by atoms with van der Waals surface area (Å²) in [5, 5.41) is 7.30. The van der Waals surface area contributed by atoms with E-state index in [9.17, 15) is 4.79 Å². The van der Waals surface area contributed by atoms with E-state index in [1.807, 2.05) is 39.0 Å². The van der Waals surface area contributed by atoms with E-state index in [0.717, 1.165) is 15.3 Å². The predicted molar refractivity (Wildman–Crippen MR) is 81.0 cm³/mol. The van der Waals surface area contributed by atoms with Crippen LogP contribution in [0.4, 0.5) is 5.13 Å². The highest BCUT2D eigenvalue weighted by Gasteiger charge is 2.13. The normalized spacial score (nSPS) is 11.6. The number of carbonyl (C=O) groups excluding carboxylic acids is 1. The molecule has 0 aliphatic rings. The lowest BCUT2D eigenvalue weighted by Gasteiger charge is -2.20. The number of nitrogens with zero attached hydrogens (tertiary/aromatic N) is 1. The Labute approximate surface area is 121 Å². The van der Waals surface area contributed by atoms with Gasteiger partial charge in [-0.15, -0.1) is 0 Å². The first-order valence-electron chi connectivity index (χ1n) is 5.94. The minimum atomic E-state index is -0.222. The van der Waals surface area contributed by atoms with Gasteiger partial charge in [-0.05, 0) is 39.0 Å². The number of benzene rings is 1. The second kappa shape index (κ2) is 5.35. The summed E-state index contributed by atoms with van der Waals surface area (Å²) in [7, 11) is 0. The van der Waals surface area contributed by atoms with Crippen LogP contribution in [0.5, 0.6) is 0 Å². The maximum Gasteiger partial charge on any atom is 0.239 e. The summed E-state index contributed by atoms with van der Waals surface area (Å²) in [6, 6.07) is 5.57. The third kappa shape index (κ3) is 4.08. The van der Waals surface area contributed by atoms with E-state index in [2.05, 4.69) is 15.6 Å². The molecule has 6 heteroatoms. The fraction of sp³-hybridized carbons (Fsp3) is 0.385. The Balaban J connectivity index is 2.00. The quantitative estimate of drug-likeness (QED) is 0.914. The summed E-state index contributed by atoms with van der Waals surface area (Å²) >= 11 is 7.41. The average molecular weight is 298 g/mol. The lowest BCUT2D eigenvalue weighted by Crippen LogP contribution is -2.43. The highest BCUT2D eigenvalue weighted by Crippen LogP contribution is 2.27. The number of aromatic nitrogens is 1. The maximum atomic E-state index is 11.7. The van der Waals surface area contributed by atoms with Crippen molar-refractivity contribution in [3.8, 4) is 0 Å². The van der Waals surface area contributed by atoms with Crippen LogP contribution in [0.25, 0.3) is 10.2 Å². The number of anilines is 1. The summed E-state index contributed by atoms with van der Waals surface area (Å²) in [4.78, 5) is 16.1. The van der Waals surface area contributed by atoms with Crippen LogP contribution in [0.1, 0.15) is 20.8 Å². The van der Waals surface area contributed by atoms with Gasteiger partial charge in [0, 0.05) is 10.6 Å². The topological polar surface area (TPSA) is 54.0 Å². The molecule has 0 spiro atoms. The lowest BCUT2D eigenvalue weighted by molar-refractivity contribution is -0.120. The minimum Gasteiger partial charge on any atom is -0.352 e. The molecular formula is C13H16ClN3OS. The second-order valence-corrected chi connectivity index (χ2v) is 6.75. The lowest BCUT2D eigenvalue weighted by atomic mass is 10.1. The molecule has 1 amide bonds. The molecule has 1 heterocycles. The molecule has 0 atom stereocenters. The van der Waals surface area contributed by atoms with Gasteiger partial charge in [0.05, 0.1) is 16.8 Å². The molecule has 0 unspecified atom stereocenters. The molecule has 2 rings (SSSR count). The van der Waals surface area contributed by atoms with E-state index in [4.69, 9.17) is 11.6 Å². The SMILES string of the molecule is CC(C)(C)NC(=O)CNc1nc2cc(Cl)ccc2s1. The molecule has 2 aromatic rings. The molecule has 102 valence electrons. The third-order valence-electron chi connectivity index (χ3n) is 2.26. The number of hydrogen-bond donors (Lipinski definition) is 2. The Morgan fingerprint density at radius 3 is 2.84 bits per heavy atom. The van der Waals surface area contributed by atoms with Crippen LogP contribution in [0, 0.1) is 0 Å². The molecule has 19 heavy (non-hydrogen) atoms. The Kier molecular flexibility index (Phi) is 3.96. The van der Waals surface area contributed by atoms with Crippen molar-refractivity contribution in [3.05, 3.63) is 23.2 Å². The number of hydrogen-bond acceptors (Lipinski definition) is 4. The van der Waals surface area contributed by atoms with Crippen molar-refractivity contribution in [3.63, 3.8) is 0 Å². The van der Waals surface area contributed by atoms with Crippen LogP contribution < -0.4 is 10.6 Å². The van der Waals surface area contributed by atoms with Crippen molar-refractivity contribution in [2.24, 2.45) is 0 Å². The van der Waals surface area contributed by atoms with Gasteiger partial charge in [0.1, 0.15) is 0 Å². The third-order valence-corrected chi connectivity index (χ3v) is 3.49. The number of thiazole rings is 1. The first kappa shape index (κ1) is 14.1. The van der Waals surface area contributed by atoms with Crippen molar-refractivity contribution in [2.45, 2.75) is 26.3 Å². The van der Waals surface area contributed by atoms with Gasteiger partial charge in [0.25, 0.3) is 0 Å². The zero-order valence-corrected chi connectivity index (χ0v) is 12.7. The van der Waals surface area contributed by atoms with Gasteiger partial charge in [0.2, 0.25) is 5.91 Å². The summed E-state index contributed by atoms with van der Waals surface area (Å²) in [6.07, 6.45) is 0. The standard InChI is InChI=1S/C13H16ClN3OS/c1-13(2,3)17-11(18)7-15-12-16-9-6-8(14)4-5-10(9)19-12/h4-6H,7H2,1-3H3,(H,15,16)(H,17,18). The van der Waals surface area contributed by atoms with E-state index in [1.165, 1.54) is 11.3 Å². The van der Waals surface area contributed by atoms with E-state index in [0.29, 0.717) is 5.02 Å². The van der Waals surface area contributed by atoms with Gasteiger partial charge in [-0.2, -0.15) is 0 Å². The molecule has 0 bridgehead atoms. The van der Waals surface area contributed by atoms with Gasteiger partial charge in [-0.25, -0.2) is 4.98 Å². The summed E-state index contributed by atoms with van der Waals surface area (Å²) in [5.74, 6) is -0.0511. The van der Waals surface area contributed by atoms with Crippen molar-refractivity contribution in [2.75, 3.05) is 11.9 Å². The number of halogens is 1. The molecule has 0 aliphatic carbocycles. The predicted octanol–water partition coefficient (Wildman–Crippen LogP) is 3.28. The van der Waals surface area contributed by atoms with Crippen molar-refractivity contribution < 1.29 is 4.79 Å². The zero-order valence-electron chi connectivity index (χ0n) is 11.1. The maximum absolute atomic E-state index is 11.7. The Hall–Kier alpha value is -1.33. The summed E-state index contributed by atoms with van der Waals surface area (Å²) in [5.41, 5.74) is 0.621. The van der Waals surface area contributed by atoms with E-state index in [-0.39, 0.29) is 18.0 Å². The van der Waals surface area contributed by atoms with Crippen LogP contribution in [-0.4, -0.2) is 23.0 Å². The van der Waals surface area contributed by atoms with Gasteiger partial charge in [-0.3, -0.25) is 4.79 Å². The monoisotopic (exact) mass is 297 g/mol. The smallest absolute Gasteiger partial charge is 0.239 e. The molecule has 0 fully saturated rings. The number of nitrogens with one attached hydrogen (secondary N) is 2. The van der Waals surface area contributed by atoms with E-state index < -0.39 is 0 Å². The van der Waals surface area contributed by atoms with Crippen molar-refractivity contribution in [1.82, 2.24) is 10.3 Å². The molecule has 4 nitrogen and oxygen atoms in total. The van der Waals surface area contributed by atoms with Gasteiger partial charge >= 0.3 is 0 Å². The molecule has 2 N–H and O–H groups in total. The minimum absolute atomic E-state index is 0.0511. The fourth-order valence-electron chi connectivity index (χ4n) is 1.59. The molecule has 0 saturated heterocycles. The van der Waals surface area contributed by atoms with Crippen LogP contribution in [0.3, 0.4) is 0 Å². The van der Waals surface area contributed by atoms with Crippen LogP contribution in [-0.2, 0) is 4.79 Å². The summed E-state index contributed by atoms with van der Waals surface area (Å²) in [6.45, 7) is 6.06. The molecular weight excluding hydrogens is 282 g/mol. The van der Waals surface area contributed by atoms with Gasteiger partial charge in [-0.1, -0.05) is 22.9 Å². The number of fused-ring (bicyclic) bond motifs is 1. The first-order valence-corrected chi connectivity index (χ1v) is 7.14. The highest BCUT2D eigenvalue weighted by atomic mass is 35.5. The molecule has 0 radical (unpaired) electrons. The van der Waals surface area contributed by atoms with E-state index in [1.54, 1.807) is 0 Å². The second-order valence-electron chi connectivity index (χ2n) is 5.28. The van der Waals surface area contributed by atoms with Crippen LogP contribution in [0.2, 0.25) is 5.02 Å². The Morgan fingerprint density at radius 2 is 2.16 bits per heavy atom. The Morgan fingerprint density at radius 1 is 1.42 bits per heavy atom. The Bertz CT molecular complexity index is 603. The van der Waals surface area contributed by atoms with Crippen molar-refractivity contribution >= 4 is 44.2 Å². The largest absolute Gasteiger partial charge is 0.352 e. The number of carbonyl (C=O) groups is 1. The molecule has 1 aromatic carbocycles. The molecule has 0 saturated carbocycles. The van der Waals surface area contributed by atoms with Crippen LogP contribution >= 0.6 is 22.9 Å². The van der Waals surface area contributed by atoms with Gasteiger partial charge < -0.3 is 10.6 Å². The summed E-state index contributed by atoms with van der Waals surface area (Å²) < 4.78 is 1.04. The van der Waals surface area contributed by atoms with Crippen LogP contribution in [0.15, 0.2) is 18.2 Å². The molecule has 0 aliphatic heterocycles. The fourth-order valence-corrected chi connectivity index (χ4v) is 2.60. The molecule has 1 aromatic heterocycles. The average Bonchev–Trinajstić information content (AvgIpc) is 2.66. The number of rotatable bonds is 3. The number of amides is 1. The first-order chi connectivity index (χ1) is 8.83.